The van der Waals surface area contributed by atoms with Gasteiger partial charge in [0.15, 0.2) is 4.83 Å². The van der Waals surface area contributed by atoms with Crippen LogP contribution in [0.25, 0.3) is 10.2 Å². The van der Waals surface area contributed by atoms with Gasteiger partial charge in [-0.05, 0) is 49.5 Å². The van der Waals surface area contributed by atoms with E-state index in [-0.39, 0.29) is 18.7 Å². The van der Waals surface area contributed by atoms with E-state index >= 15 is 0 Å². The van der Waals surface area contributed by atoms with Crippen molar-refractivity contribution in [3.05, 3.63) is 51.7 Å². The molecule has 3 aromatic rings. The Morgan fingerprint density at radius 2 is 2.12 bits per heavy atom. The van der Waals surface area contributed by atoms with Gasteiger partial charge in [0.1, 0.15) is 18.5 Å². The zero-order valence-electron chi connectivity index (χ0n) is 13.8. The van der Waals surface area contributed by atoms with Crippen molar-refractivity contribution in [3.63, 3.8) is 0 Å². The lowest BCUT2D eigenvalue weighted by atomic mass is 10.1. The molecule has 0 saturated carbocycles. The minimum atomic E-state index is -0.811. The Hall–Kier alpha value is -2.25. The van der Waals surface area contributed by atoms with Gasteiger partial charge >= 0.3 is 0 Å². The predicted molar refractivity (Wildman–Crippen MR) is 93.8 cm³/mol. The number of benzene rings is 1. The van der Waals surface area contributed by atoms with Gasteiger partial charge < -0.3 is 9.84 Å². The molecule has 0 spiro atoms. The van der Waals surface area contributed by atoms with Gasteiger partial charge in [0, 0.05) is 0 Å². The zero-order chi connectivity index (χ0) is 17.3. The molecule has 3 rings (SSSR count). The topological polar surface area (TPSA) is 77.2 Å². The lowest BCUT2D eigenvalue weighted by Crippen LogP contribution is -2.30. The van der Waals surface area contributed by atoms with E-state index in [0.717, 1.165) is 16.9 Å². The van der Waals surface area contributed by atoms with E-state index in [1.54, 1.807) is 6.92 Å². The first-order valence-corrected chi connectivity index (χ1v) is 8.42. The maximum atomic E-state index is 12.5. The van der Waals surface area contributed by atoms with E-state index in [4.69, 9.17) is 4.74 Å². The van der Waals surface area contributed by atoms with Crippen LogP contribution in [-0.2, 0) is 6.54 Å². The lowest BCUT2D eigenvalue weighted by Gasteiger charge is -2.15. The third-order valence-electron chi connectivity index (χ3n) is 3.82. The largest absolute Gasteiger partial charge is 0.491 e. The summed E-state index contributed by atoms with van der Waals surface area (Å²) in [6.07, 6.45) is 0.637. The molecule has 6 nitrogen and oxygen atoms in total. The number of rotatable bonds is 5. The molecule has 0 fully saturated rings. The molecule has 0 aliphatic carbocycles. The van der Waals surface area contributed by atoms with E-state index in [9.17, 15) is 9.90 Å². The fourth-order valence-electron chi connectivity index (χ4n) is 2.47. The second kappa shape index (κ2) is 6.70. The van der Waals surface area contributed by atoms with E-state index < -0.39 is 6.10 Å². The first kappa shape index (κ1) is 16.6. The quantitative estimate of drug-likeness (QED) is 0.767. The van der Waals surface area contributed by atoms with Gasteiger partial charge in [0.25, 0.3) is 5.56 Å². The van der Waals surface area contributed by atoms with E-state index in [1.165, 1.54) is 22.4 Å². The SMILES string of the molecule is Cc1ccc(C)c(OC[C@H](O)Cn2cnc3snc(C)c3c2=O)c1. The molecule has 0 radical (unpaired) electrons. The molecule has 24 heavy (non-hydrogen) atoms. The van der Waals surface area contributed by atoms with Crippen LogP contribution in [0.2, 0.25) is 0 Å². The van der Waals surface area contributed by atoms with Crippen LogP contribution in [0.4, 0.5) is 0 Å². The van der Waals surface area contributed by atoms with Crippen molar-refractivity contribution < 1.29 is 9.84 Å². The summed E-state index contributed by atoms with van der Waals surface area (Å²) in [7, 11) is 0. The smallest absolute Gasteiger partial charge is 0.264 e. The van der Waals surface area contributed by atoms with Crippen LogP contribution >= 0.6 is 11.5 Å². The van der Waals surface area contributed by atoms with Gasteiger partial charge in [-0.25, -0.2) is 4.98 Å². The highest BCUT2D eigenvalue weighted by Crippen LogP contribution is 2.19. The molecule has 0 amide bonds. The number of aliphatic hydroxyl groups excluding tert-OH is 1. The maximum absolute atomic E-state index is 12.5. The van der Waals surface area contributed by atoms with Crippen molar-refractivity contribution in [2.24, 2.45) is 0 Å². The van der Waals surface area contributed by atoms with Crippen LogP contribution in [0, 0.1) is 20.8 Å². The van der Waals surface area contributed by atoms with Crippen LogP contribution in [0.1, 0.15) is 16.8 Å². The second-order valence-corrected chi connectivity index (χ2v) is 6.64. The molecule has 1 N–H and O–H groups in total. The van der Waals surface area contributed by atoms with Gasteiger partial charge in [-0.1, -0.05) is 12.1 Å². The van der Waals surface area contributed by atoms with Crippen molar-refractivity contribution in [1.29, 1.82) is 0 Å². The number of aliphatic hydroxyl groups is 1. The van der Waals surface area contributed by atoms with E-state index in [0.29, 0.717) is 15.9 Å². The van der Waals surface area contributed by atoms with E-state index in [1.807, 2.05) is 32.0 Å². The molecule has 1 atom stereocenters. The fraction of sp³-hybridized carbons (Fsp3) is 0.353. The molecule has 0 bridgehead atoms. The maximum Gasteiger partial charge on any atom is 0.264 e. The molecular weight excluding hydrogens is 326 g/mol. The van der Waals surface area contributed by atoms with Gasteiger partial charge in [0.05, 0.1) is 24.0 Å². The van der Waals surface area contributed by atoms with Crippen molar-refractivity contribution in [3.8, 4) is 5.75 Å². The molecule has 126 valence electrons. The first-order valence-electron chi connectivity index (χ1n) is 7.65. The predicted octanol–water partition coefficient (Wildman–Crippen LogP) is 2.22. The minimum Gasteiger partial charge on any atom is -0.491 e. The van der Waals surface area contributed by atoms with Crippen LogP contribution < -0.4 is 10.3 Å². The number of hydrogen-bond acceptors (Lipinski definition) is 6. The summed E-state index contributed by atoms with van der Waals surface area (Å²) in [6.45, 7) is 5.96. The normalized spacial score (nSPS) is 12.5. The standard InChI is InChI=1S/C17H19N3O3S/c1-10-4-5-11(2)14(6-10)23-8-13(21)7-20-9-18-16-15(17(20)22)12(3)19-24-16/h4-6,9,13,21H,7-8H2,1-3H3/t13-/m1/s1. The highest BCUT2D eigenvalue weighted by molar-refractivity contribution is 7.12. The number of nitrogens with zero attached hydrogens (tertiary/aromatic N) is 3. The third kappa shape index (κ3) is 3.32. The van der Waals surface area contributed by atoms with Crippen LogP contribution in [0.3, 0.4) is 0 Å². The van der Waals surface area contributed by atoms with Crippen LogP contribution in [-0.4, -0.2) is 31.7 Å². The molecule has 0 unspecified atom stereocenters. The summed E-state index contributed by atoms with van der Waals surface area (Å²) in [5, 5.41) is 10.7. The summed E-state index contributed by atoms with van der Waals surface area (Å²) in [5.41, 5.74) is 2.59. The Balaban J connectivity index is 1.72. The van der Waals surface area contributed by atoms with Crippen LogP contribution in [0.5, 0.6) is 5.75 Å². The highest BCUT2D eigenvalue weighted by Gasteiger charge is 2.14. The Bertz CT molecular complexity index is 932. The van der Waals surface area contributed by atoms with Crippen LogP contribution in [0.15, 0.2) is 29.3 Å². The van der Waals surface area contributed by atoms with Crippen molar-refractivity contribution >= 4 is 21.7 Å². The summed E-state index contributed by atoms with van der Waals surface area (Å²) in [6, 6.07) is 5.92. The van der Waals surface area contributed by atoms with Crippen molar-refractivity contribution in [1.82, 2.24) is 13.9 Å². The van der Waals surface area contributed by atoms with Crippen molar-refractivity contribution in [2.75, 3.05) is 6.61 Å². The molecule has 0 aliphatic heterocycles. The van der Waals surface area contributed by atoms with Crippen molar-refractivity contribution in [2.45, 2.75) is 33.4 Å². The average Bonchev–Trinajstić information content (AvgIpc) is 2.93. The Morgan fingerprint density at radius 1 is 1.33 bits per heavy atom. The van der Waals surface area contributed by atoms with E-state index in [2.05, 4.69) is 9.36 Å². The molecule has 2 aromatic heterocycles. The fourth-order valence-corrected chi connectivity index (χ4v) is 3.20. The lowest BCUT2D eigenvalue weighted by molar-refractivity contribution is 0.0911. The first-order chi connectivity index (χ1) is 11.5. The van der Waals surface area contributed by atoms with Gasteiger partial charge in [0.2, 0.25) is 0 Å². The number of aromatic nitrogens is 3. The zero-order valence-corrected chi connectivity index (χ0v) is 14.6. The van der Waals surface area contributed by atoms with Gasteiger partial charge in [-0.2, -0.15) is 4.37 Å². The molecule has 1 aromatic carbocycles. The molecule has 2 heterocycles. The molecule has 0 saturated heterocycles. The highest BCUT2D eigenvalue weighted by atomic mass is 32.1. The Morgan fingerprint density at radius 3 is 2.92 bits per heavy atom. The number of ether oxygens (including phenoxy) is 1. The minimum absolute atomic E-state index is 0.107. The molecule has 7 heteroatoms. The average molecular weight is 345 g/mol. The summed E-state index contributed by atoms with van der Waals surface area (Å²) in [4.78, 5) is 17.3. The third-order valence-corrected chi connectivity index (χ3v) is 4.66. The van der Waals surface area contributed by atoms with Gasteiger partial charge in [-0.3, -0.25) is 9.36 Å². The second-order valence-electron chi connectivity index (χ2n) is 5.88. The number of hydrogen-bond donors (Lipinski definition) is 1. The summed E-state index contributed by atoms with van der Waals surface area (Å²) < 4.78 is 11.2. The molecular formula is C17H19N3O3S. The number of aryl methyl sites for hydroxylation is 3. The number of fused-ring (bicyclic) bond motifs is 1. The van der Waals surface area contributed by atoms with Gasteiger partial charge in [-0.15, -0.1) is 0 Å². The monoisotopic (exact) mass is 345 g/mol. The Labute approximate surface area is 143 Å². The molecule has 0 aliphatic rings. The summed E-state index contributed by atoms with van der Waals surface area (Å²) in [5.74, 6) is 0.743. The Kier molecular flexibility index (Phi) is 4.64. The summed E-state index contributed by atoms with van der Waals surface area (Å²) >= 11 is 1.20.